The highest BCUT2D eigenvalue weighted by molar-refractivity contribution is 6.13. The molecule has 0 aliphatic carbocycles. The zero-order chi connectivity index (χ0) is 6.53. The lowest BCUT2D eigenvalue weighted by molar-refractivity contribution is 0.608. The minimum absolute atomic E-state index is 0.699. The van der Waals surface area contributed by atoms with Crippen LogP contribution in [0.3, 0.4) is 0 Å². The topological polar surface area (TPSA) is 42.7 Å². The van der Waals surface area contributed by atoms with Gasteiger partial charge in [-0.3, -0.25) is 4.68 Å². The highest BCUT2D eigenvalue weighted by Gasteiger charge is 1.86. The van der Waals surface area contributed by atoms with Gasteiger partial charge in [0.25, 0.3) is 0 Å². The molecule has 0 aliphatic heterocycles. The molecule has 50 valence electrons. The lowest BCUT2D eigenvalue weighted by Crippen LogP contribution is -2.10. The van der Waals surface area contributed by atoms with Crippen molar-refractivity contribution in [2.24, 2.45) is 0 Å². The Labute approximate surface area is 58.0 Å². The quantitative estimate of drug-likeness (QED) is 0.612. The summed E-state index contributed by atoms with van der Waals surface area (Å²) in [5, 5.41) is 3.86. The Bertz CT molecular complexity index is 150. The fourth-order valence-electron chi connectivity index (χ4n) is 0.505. The van der Waals surface area contributed by atoms with Gasteiger partial charge in [0.1, 0.15) is 12.7 Å². The van der Waals surface area contributed by atoms with Crippen LogP contribution in [0, 0.1) is 0 Å². The van der Waals surface area contributed by atoms with E-state index in [9.17, 15) is 0 Å². The van der Waals surface area contributed by atoms with Crippen LogP contribution in [0.1, 0.15) is 0 Å². The molecule has 1 aromatic heterocycles. The number of nitrogens with one attached hydrogen (secondary N) is 1. The first-order chi connectivity index (χ1) is 4.43. The maximum atomic E-state index is 5.21. The van der Waals surface area contributed by atoms with E-state index in [4.69, 9.17) is 11.8 Å². The van der Waals surface area contributed by atoms with Crippen LogP contribution >= 0.6 is 11.8 Å². The highest BCUT2D eigenvalue weighted by Crippen LogP contribution is 1.77. The molecule has 4 nitrogen and oxygen atoms in total. The molecule has 0 aromatic carbocycles. The van der Waals surface area contributed by atoms with E-state index in [1.807, 2.05) is 0 Å². The molecule has 0 atom stereocenters. The molecule has 0 fully saturated rings. The molecule has 0 bridgehead atoms. The summed E-state index contributed by atoms with van der Waals surface area (Å²) in [5.74, 6) is 0. The minimum atomic E-state index is 0.699. The van der Waals surface area contributed by atoms with E-state index >= 15 is 0 Å². The Morgan fingerprint density at radius 1 is 1.67 bits per heavy atom. The molecule has 9 heavy (non-hydrogen) atoms. The second kappa shape index (κ2) is 3.42. The SMILES string of the molecule is ClNCCn1cncn1. The normalized spacial score (nSPS) is 9.89. The third-order valence-corrected chi connectivity index (χ3v) is 1.09. The Balaban J connectivity index is 2.30. The van der Waals surface area contributed by atoms with Gasteiger partial charge in [0, 0.05) is 6.54 Å². The van der Waals surface area contributed by atoms with Crippen LogP contribution in [0.25, 0.3) is 0 Å². The molecule has 1 heterocycles. The molecule has 1 N–H and O–H groups in total. The number of hydrogen-bond acceptors (Lipinski definition) is 3. The fourth-order valence-corrected chi connectivity index (χ4v) is 0.590. The van der Waals surface area contributed by atoms with Crippen molar-refractivity contribution in [1.29, 1.82) is 0 Å². The molecular formula is C4H7ClN4. The van der Waals surface area contributed by atoms with Gasteiger partial charge in [0.05, 0.1) is 6.54 Å². The first-order valence-electron chi connectivity index (χ1n) is 2.59. The summed E-state index contributed by atoms with van der Waals surface area (Å²) in [6.45, 7) is 1.45. The number of aromatic nitrogens is 3. The molecule has 0 unspecified atom stereocenters. The van der Waals surface area contributed by atoms with E-state index < -0.39 is 0 Å². The van der Waals surface area contributed by atoms with Crippen LogP contribution < -0.4 is 4.84 Å². The Morgan fingerprint density at radius 2 is 2.56 bits per heavy atom. The molecule has 1 rings (SSSR count). The van der Waals surface area contributed by atoms with Gasteiger partial charge in [-0.25, -0.2) is 9.82 Å². The Kier molecular flexibility index (Phi) is 2.48. The summed E-state index contributed by atoms with van der Waals surface area (Å²) in [4.78, 5) is 6.25. The minimum Gasteiger partial charge on any atom is -0.252 e. The Morgan fingerprint density at radius 3 is 3.11 bits per heavy atom. The standard InChI is InChI=1S/C4H7ClN4/c5-7-1-2-9-4-6-3-8-9/h3-4,7H,1-2H2. The van der Waals surface area contributed by atoms with Crippen molar-refractivity contribution in [3.05, 3.63) is 12.7 Å². The predicted molar refractivity (Wildman–Crippen MR) is 33.9 cm³/mol. The molecule has 0 amide bonds. The third-order valence-electron chi connectivity index (χ3n) is 0.902. The summed E-state index contributed by atoms with van der Waals surface area (Å²) in [6, 6.07) is 0. The van der Waals surface area contributed by atoms with Crippen LogP contribution in [0.4, 0.5) is 0 Å². The summed E-state index contributed by atoms with van der Waals surface area (Å²) >= 11 is 5.21. The fraction of sp³-hybridized carbons (Fsp3) is 0.500. The first kappa shape index (κ1) is 6.51. The van der Waals surface area contributed by atoms with Crippen LogP contribution in [-0.4, -0.2) is 21.3 Å². The van der Waals surface area contributed by atoms with Gasteiger partial charge in [-0.1, -0.05) is 0 Å². The molecule has 5 heteroatoms. The van der Waals surface area contributed by atoms with Crippen molar-refractivity contribution >= 4 is 11.8 Å². The van der Waals surface area contributed by atoms with Gasteiger partial charge in [0.15, 0.2) is 0 Å². The summed E-state index contributed by atoms with van der Waals surface area (Å²) in [7, 11) is 0. The molecule has 0 saturated carbocycles. The zero-order valence-corrected chi connectivity index (χ0v) is 5.54. The summed E-state index contributed by atoms with van der Waals surface area (Å²) in [6.07, 6.45) is 3.14. The Hall–Kier alpha value is -0.610. The van der Waals surface area contributed by atoms with E-state index in [0.717, 1.165) is 6.54 Å². The van der Waals surface area contributed by atoms with Gasteiger partial charge >= 0.3 is 0 Å². The second-order valence-corrected chi connectivity index (χ2v) is 1.81. The lowest BCUT2D eigenvalue weighted by Gasteiger charge is -1.94. The molecule has 0 radical (unpaired) electrons. The maximum Gasteiger partial charge on any atom is 0.137 e. The first-order valence-corrected chi connectivity index (χ1v) is 2.97. The predicted octanol–water partition coefficient (Wildman–Crippen LogP) is 0.0215. The zero-order valence-electron chi connectivity index (χ0n) is 4.79. The van der Waals surface area contributed by atoms with Crippen molar-refractivity contribution < 1.29 is 0 Å². The average Bonchev–Trinajstić information content (AvgIpc) is 2.34. The molecule has 0 aliphatic rings. The van der Waals surface area contributed by atoms with Gasteiger partial charge in [-0.05, 0) is 11.8 Å². The van der Waals surface area contributed by atoms with Crippen LogP contribution in [0.2, 0.25) is 0 Å². The molecule has 0 saturated heterocycles. The van der Waals surface area contributed by atoms with Gasteiger partial charge < -0.3 is 0 Å². The van der Waals surface area contributed by atoms with Crippen molar-refractivity contribution in [1.82, 2.24) is 19.6 Å². The largest absolute Gasteiger partial charge is 0.252 e. The van der Waals surface area contributed by atoms with Gasteiger partial charge in [-0.15, -0.1) is 0 Å². The summed E-state index contributed by atoms with van der Waals surface area (Å²) in [5.41, 5.74) is 0. The van der Waals surface area contributed by atoms with Crippen molar-refractivity contribution in [2.45, 2.75) is 6.54 Å². The van der Waals surface area contributed by atoms with E-state index in [-0.39, 0.29) is 0 Å². The highest BCUT2D eigenvalue weighted by atomic mass is 35.5. The van der Waals surface area contributed by atoms with Gasteiger partial charge in [-0.2, -0.15) is 5.10 Å². The van der Waals surface area contributed by atoms with Gasteiger partial charge in [0.2, 0.25) is 0 Å². The van der Waals surface area contributed by atoms with E-state index in [2.05, 4.69) is 14.9 Å². The second-order valence-electron chi connectivity index (χ2n) is 1.54. The molecule has 0 spiro atoms. The molecular weight excluding hydrogens is 140 g/mol. The summed E-state index contributed by atoms with van der Waals surface area (Å²) < 4.78 is 1.70. The number of halogens is 1. The maximum absolute atomic E-state index is 5.21. The smallest absolute Gasteiger partial charge is 0.137 e. The lowest BCUT2D eigenvalue weighted by atomic mass is 10.7. The number of nitrogens with zero attached hydrogens (tertiary/aromatic N) is 3. The van der Waals surface area contributed by atoms with Crippen molar-refractivity contribution in [3.63, 3.8) is 0 Å². The third kappa shape index (κ3) is 1.99. The monoisotopic (exact) mass is 146 g/mol. The number of rotatable bonds is 3. The van der Waals surface area contributed by atoms with Crippen molar-refractivity contribution in [3.8, 4) is 0 Å². The number of hydrogen-bond donors (Lipinski definition) is 1. The van der Waals surface area contributed by atoms with Crippen LogP contribution in [-0.2, 0) is 6.54 Å². The van der Waals surface area contributed by atoms with E-state index in [0.29, 0.717) is 6.54 Å². The van der Waals surface area contributed by atoms with E-state index in [1.165, 1.54) is 6.33 Å². The van der Waals surface area contributed by atoms with E-state index in [1.54, 1.807) is 11.0 Å². The molecule has 1 aromatic rings. The van der Waals surface area contributed by atoms with Crippen LogP contribution in [0.15, 0.2) is 12.7 Å². The average molecular weight is 147 g/mol. The van der Waals surface area contributed by atoms with Crippen LogP contribution in [0.5, 0.6) is 0 Å². The van der Waals surface area contributed by atoms with Crippen molar-refractivity contribution in [2.75, 3.05) is 6.54 Å².